The molecule has 2 rings (SSSR count). The predicted molar refractivity (Wildman–Crippen MR) is 73.3 cm³/mol. The second-order valence-corrected chi connectivity index (χ2v) is 4.77. The number of nitrogens with one attached hydrogen (secondary N) is 1. The highest BCUT2D eigenvalue weighted by Crippen LogP contribution is 2.30. The number of anilines is 1. The molecule has 1 fully saturated rings. The lowest BCUT2D eigenvalue weighted by Crippen LogP contribution is -2.49. The van der Waals surface area contributed by atoms with Crippen LogP contribution in [0.15, 0.2) is 18.2 Å². The third kappa shape index (κ3) is 2.71. The van der Waals surface area contributed by atoms with Crippen LogP contribution in [0.2, 0.25) is 0 Å². The first-order valence-electron chi connectivity index (χ1n) is 6.64. The van der Waals surface area contributed by atoms with Gasteiger partial charge in [0.1, 0.15) is 11.9 Å². The zero-order valence-electron chi connectivity index (χ0n) is 11.2. The van der Waals surface area contributed by atoms with Crippen molar-refractivity contribution in [3.05, 3.63) is 29.6 Å². The van der Waals surface area contributed by atoms with E-state index >= 15 is 0 Å². The van der Waals surface area contributed by atoms with Gasteiger partial charge in [0, 0.05) is 20.1 Å². The van der Waals surface area contributed by atoms with Crippen LogP contribution in [0.1, 0.15) is 24.8 Å². The van der Waals surface area contributed by atoms with Gasteiger partial charge >= 0.3 is 0 Å². The van der Waals surface area contributed by atoms with Crippen LogP contribution >= 0.6 is 0 Å². The van der Waals surface area contributed by atoms with Crippen molar-refractivity contribution >= 4 is 11.6 Å². The minimum absolute atomic E-state index is 0.0640. The summed E-state index contributed by atoms with van der Waals surface area (Å²) in [7, 11) is 1.61. The zero-order valence-corrected chi connectivity index (χ0v) is 11.2. The lowest BCUT2D eigenvalue weighted by Gasteiger charge is -2.37. The third-order valence-corrected chi connectivity index (χ3v) is 3.63. The first kappa shape index (κ1) is 13.8. The molecule has 1 atom stereocenters. The van der Waals surface area contributed by atoms with Crippen LogP contribution in [0.3, 0.4) is 0 Å². The molecule has 0 saturated carbocycles. The molecule has 3 N–H and O–H groups in total. The Morgan fingerprint density at radius 2 is 2.32 bits per heavy atom. The van der Waals surface area contributed by atoms with Crippen molar-refractivity contribution in [1.82, 2.24) is 5.32 Å². The molecule has 5 heteroatoms. The number of para-hydroxylation sites is 1. The Balaban J connectivity index is 2.40. The molecule has 0 aromatic heterocycles. The van der Waals surface area contributed by atoms with Crippen molar-refractivity contribution in [2.75, 3.05) is 18.5 Å². The van der Waals surface area contributed by atoms with E-state index in [2.05, 4.69) is 5.32 Å². The molecule has 1 aromatic carbocycles. The van der Waals surface area contributed by atoms with Crippen LogP contribution < -0.4 is 16.0 Å². The van der Waals surface area contributed by atoms with E-state index in [1.165, 1.54) is 6.07 Å². The van der Waals surface area contributed by atoms with Gasteiger partial charge in [-0.2, -0.15) is 0 Å². The second kappa shape index (κ2) is 6.02. The number of benzene rings is 1. The molecule has 104 valence electrons. The fourth-order valence-electron chi connectivity index (χ4n) is 2.68. The Morgan fingerprint density at radius 3 is 3.00 bits per heavy atom. The van der Waals surface area contributed by atoms with Gasteiger partial charge in [0.05, 0.1) is 5.69 Å². The summed E-state index contributed by atoms with van der Waals surface area (Å²) in [6, 6.07) is 4.58. The van der Waals surface area contributed by atoms with Crippen molar-refractivity contribution in [3.63, 3.8) is 0 Å². The summed E-state index contributed by atoms with van der Waals surface area (Å²) >= 11 is 0. The summed E-state index contributed by atoms with van der Waals surface area (Å²) in [5.41, 5.74) is 6.92. The van der Waals surface area contributed by atoms with Gasteiger partial charge < -0.3 is 16.0 Å². The van der Waals surface area contributed by atoms with E-state index in [4.69, 9.17) is 5.73 Å². The van der Waals surface area contributed by atoms with Crippen molar-refractivity contribution < 1.29 is 9.18 Å². The van der Waals surface area contributed by atoms with Gasteiger partial charge in [-0.05, 0) is 30.9 Å². The highest BCUT2D eigenvalue weighted by Gasteiger charge is 2.30. The summed E-state index contributed by atoms with van der Waals surface area (Å²) in [6.45, 7) is 0.954. The summed E-state index contributed by atoms with van der Waals surface area (Å²) in [6.07, 6.45) is 2.70. The van der Waals surface area contributed by atoms with Crippen LogP contribution in [-0.2, 0) is 11.3 Å². The molecule has 1 heterocycles. The number of hydrogen-bond acceptors (Lipinski definition) is 3. The number of likely N-dealkylation sites (N-methyl/N-ethyl adjacent to an activating group) is 1. The molecular weight excluding hydrogens is 245 g/mol. The minimum Gasteiger partial charge on any atom is -0.357 e. The van der Waals surface area contributed by atoms with Gasteiger partial charge in [-0.1, -0.05) is 12.1 Å². The number of carbonyl (C=O) groups excluding carboxylic acids is 1. The molecule has 1 saturated heterocycles. The van der Waals surface area contributed by atoms with Gasteiger partial charge in [-0.15, -0.1) is 0 Å². The molecule has 1 aliphatic heterocycles. The van der Waals surface area contributed by atoms with Crippen LogP contribution in [0.4, 0.5) is 10.1 Å². The molecule has 19 heavy (non-hydrogen) atoms. The second-order valence-electron chi connectivity index (χ2n) is 4.77. The maximum atomic E-state index is 14.1. The SMILES string of the molecule is CNC(=O)C1CCCCN1c1c(F)cccc1CN. The zero-order chi connectivity index (χ0) is 13.8. The molecule has 0 bridgehead atoms. The van der Waals surface area contributed by atoms with E-state index in [-0.39, 0.29) is 24.3 Å². The van der Waals surface area contributed by atoms with E-state index in [1.807, 2.05) is 11.0 Å². The lowest BCUT2D eigenvalue weighted by molar-refractivity contribution is -0.122. The molecular formula is C14H20FN3O. The molecule has 4 nitrogen and oxygen atoms in total. The quantitative estimate of drug-likeness (QED) is 0.868. The Labute approximate surface area is 112 Å². The lowest BCUT2D eigenvalue weighted by atomic mass is 9.99. The molecule has 1 aliphatic rings. The number of hydrogen-bond donors (Lipinski definition) is 2. The van der Waals surface area contributed by atoms with Gasteiger partial charge in [0.25, 0.3) is 0 Å². The largest absolute Gasteiger partial charge is 0.357 e. The van der Waals surface area contributed by atoms with E-state index in [1.54, 1.807) is 13.1 Å². The summed E-state index contributed by atoms with van der Waals surface area (Å²) < 4.78 is 14.1. The number of nitrogens with two attached hydrogens (primary N) is 1. The summed E-state index contributed by atoms with van der Waals surface area (Å²) in [5.74, 6) is -0.371. The molecule has 0 spiro atoms. The van der Waals surface area contributed by atoms with Crippen LogP contribution in [-0.4, -0.2) is 25.5 Å². The number of rotatable bonds is 3. The third-order valence-electron chi connectivity index (χ3n) is 3.63. The monoisotopic (exact) mass is 265 g/mol. The van der Waals surface area contributed by atoms with Gasteiger partial charge in [0.2, 0.25) is 5.91 Å². The first-order chi connectivity index (χ1) is 9.19. The number of carbonyl (C=O) groups is 1. The topological polar surface area (TPSA) is 58.4 Å². The van der Waals surface area contributed by atoms with Gasteiger partial charge in [-0.25, -0.2) is 4.39 Å². The van der Waals surface area contributed by atoms with Crippen LogP contribution in [0.5, 0.6) is 0 Å². The van der Waals surface area contributed by atoms with Crippen LogP contribution in [0, 0.1) is 5.82 Å². The molecule has 1 aromatic rings. The minimum atomic E-state index is -0.307. The average molecular weight is 265 g/mol. The summed E-state index contributed by atoms with van der Waals surface area (Å²) in [4.78, 5) is 13.8. The number of nitrogens with zero attached hydrogens (tertiary/aromatic N) is 1. The Bertz CT molecular complexity index is 464. The van der Waals surface area contributed by atoms with Crippen molar-refractivity contribution in [2.24, 2.45) is 5.73 Å². The van der Waals surface area contributed by atoms with Gasteiger partial charge in [0.15, 0.2) is 0 Å². The molecule has 1 amide bonds. The number of amides is 1. The highest BCUT2D eigenvalue weighted by atomic mass is 19.1. The molecule has 0 aliphatic carbocycles. The van der Waals surface area contributed by atoms with Crippen LogP contribution in [0.25, 0.3) is 0 Å². The smallest absolute Gasteiger partial charge is 0.242 e. The standard InChI is InChI=1S/C14H20FN3O/c1-17-14(19)12-7-2-3-8-18(12)13-10(9-16)5-4-6-11(13)15/h4-6,12H,2-3,7-9,16H2,1H3,(H,17,19). The summed E-state index contributed by atoms with van der Waals surface area (Å²) in [5, 5.41) is 2.66. The number of halogens is 1. The number of piperidine rings is 1. The Hall–Kier alpha value is -1.62. The molecule has 0 radical (unpaired) electrons. The first-order valence-corrected chi connectivity index (χ1v) is 6.64. The fraction of sp³-hybridized carbons (Fsp3) is 0.500. The Morgan fingerprint density at radius 1 is 1.53 bits per heavy atom. The van der Waals surface area contributed by atoms with Crippen molar-refractivity contribution in [2.45, 2.75) is 31.8 Å². The van der Waals surface area contributed by atoms with E-state index < -0.39 is 0 Å². The van der Waals surface area contributed by atoms with Crippen molar-refractivity contribution in [3.8, 4) is 0 Å². The Kier molecular flexibility index (Phi) is 4.37. The maximum absolute atomic E-state index is 14.1. The average Bonchev–Trinajstić information content (AvgIpc) is 2.46. The van der Waals surface area contributed by atoms with E-state index in [0.29, 0.717) is 12.2 Å². The molecule has 1 unspecified atom stereocenters. The van der Waals surface area contributed by atoms with Gasteiger partial charge in [-0.3, -0.25) is 4.79 Å². The fourth-order valence-corrected chi connectivity index (χ4v) is 2.68. The highest BCUT2D eigenvalue weighted by molar-refractivity contribution is 5.85. The van der Waals surface area contributed by atoms with E-state index in [9.17, 15) is 9.18 Å². The maximum Gasteiger partial charge on any atom is 0.242 e. The van der Waals surface area contributed by atoms with E-state index in [0.717, 1.165) is 24.8 Å². The normalized spacial score (nSPS) is 19.3. The van der Waals surface area contributed by atoms with Crippen molar-refractivity contribution in [1.29, 1.82) is 0 Å². The predicted octanol–water partition coefficient (Wildman–Crippen LogP) is 1.39.